The maximum atomic E-state index is 12.9. The molecule has 4 nitrogen and oxygen atoms in total. The maximum Gasteiger partial charge on any atom is 0.314 e. The molecule has 0 spiro atoms. The topological polar surface area (TPSA) is 58.2 Å². The third-order valence-corrected chi connectivity index (χ3v) is 2.92. The van der Waals surface area contributed by atoms with Gasteiger partial charge in [0.2, 0.25) is 0 Å². The Hall–Kier alpha value is -2.21. The Morgan fingerprint density at radius 3 is 2.10 bits per heavy atom. The zero-order valence-corrected chi connectivity index (χ0v) is 11.8. The molecule has 2 amide bonds. The molecule has 2 aromatic carbocycles. The molecule has 0 atom stereocenters. The van der Waals surface area contributed by atoms with Crippen molar-refractivity contribution in [2.75, 3.05) is 10.6 Å². The van der Waals surface area contributed by atoms with Gasteiger partial charge in [0.25, 0.3) is 0 Å². The Morgan fingerprint density at radius 1 is 0.900 bits per heavy atom. The van der Waals surface area contributed by atoms with Crippen LogP contribution in [-0.4, -0.2) is 11.8 Å². The first-order chi connectivity index (χ1) is 9.54. The third kappa shape index (κ3) is 3.89. The lowest BCUT2D eigenvalue weighted by atomic mass is 10.3. The lowest BCUT2D eigenvalue weighted by Crippen LogP contribution is -2.29. The highest BCUT2D eigenvalue weighted by Gasteiger charge is 2.14. The summed E-state index contributed by atoms with van der Waals surface area (Å²) < 4.78 is 13.8. The normalized spacial score (nSPS) is 9.90. The minimum atomic E-state index is -0.862. The zero-order chi connectivity index (χ0) is 14.5. The van der Waals surface area contributed by atoms with Gasteiger partial charge >= 0.3 is 11.8 Å². The molecule has 0 heterocycles. The summed E-state index contributed by atoms with van der Waals surface area (Å²) in [5.41, 5.74) is 0.716. The van der Waals surface area contributed by atoms with Crippen LogP contribution in [0.2, 0.25) is 0 Å². The minimum absolute atomic E-state index is 0.223. The summed E-state index contributed by atoms with van der Waals surface area (Å²) in [5, 5.41) is 4.75. The Balaban J connectivity index is 1.98. The standard InChI is InChI=1S/C14H10BrFN2O2/c15-9-4-6-11(7-5-9)17-13(19)14(20)18-12-3-1-2-10(16)8-12/h1-8H,(H,17,19)(H,18,20). The Kier molecular flexibility index (Phi) is 4.47. The van der Waals surface area contributed by atoms with Gasteiger partial charge in [0.05, 0.1) is 0 Å². The Labute approximate surface area is 123 Å². The van der Waals surface area contributed by atoms with Gasteiger partial charge in [-0.3, -0.25) is 9.59 Å². The van der Waals surface area contributed by atoms with Crippen LogP contribution in [-0.2, 0) is 9.59 Å². The molecule has 0 fully saturated rings. The highest BCUT2D eigenvalue weighted by molar-refractivity contribution is 9.10. The van der Waals surface area contributed by atoms with Crippen molar-refractivity contribution < 1.29 is 14.0 Å². The Morgan fingerprint density at radius 2 is 1.50 bits per heavy atom. The molecule has 0 aliphatic carbocycles. The fourth-order valence-corrected chi connectivity index (χ4v) is 1.74. The molecule has 6 heteroatoms. The summed E-state index contributed by atoms with van der Waals surface area (Å²) in [6, 6.07) is 12.1. The van der Waals surface area contributed by atoms with E-state index < -0.39 is 17.6 Å². The van der Waals surface area contributed by atoms with Gasteiger partial charge in [-0.15, -0.1) is 0 Å². The molecule has 2 N–H and O–H groups in total. The lowest BCUT2D eigenvalue weighted by Gasteiger charge is -2.06. The van der Waals surface area contributed by atoms with Gasteiger partial charge in [-0.1, -0.05) is 22.0 Å². The van der Waals surface area contributed by atoms with Gasteiger partial charge in [-0.25, -0.2) is 4.39 Å². The maximum absolute atomic E-state index is 12.9. The number of halogens is 2. The monoisotopic (exact) mass is 336 g/mol. The van der Waals surface area contributed by atoms with E-state index in [1.807, 2.05) is 0 Å². The Bertz CT molecular complexity index is 644. The molecule has 2 rings (SSSR count). The van der Waals surface area contributed by atoms with Gasteiger partial charge < -0.3 is 10.6 Å². The van der Waals surface area contributed by atoms with Crippen LogP contribution in [0.25, 0.3) is 0 Å². The van der Waals surface area contributed by atoms with Crippen LogP contribution in [0, 0.1) is 5.82 Å². The number of carbonyl (C=O) groups excluding carboxylic acids is 2. The molecule has 0 unspecified atom stereocenters. The number of benzene rings is 2. The predicted octanol–water partition coefficient (Wildman–Crippen LogP) is 3.17. The smallest absolute Gasteiger partial charge is 0.314 e. The quantitative estimate of drug-likeness (QED) is 0.827. The van der Waals surface area contributed by atoms with E-state index in [0.717, 1.165) is 10.5 Å². The summed E-state index contributed by atoms with van der Waals surface area (Å²) in [6.07, 6.45) is 0. The molecular weight excluding hydrogens is 327 g/mol. The number of rotatable bonds is 2. The van der Waals surface area contributed by atoms with Crippen LogP contribution in [0.3, 0.4) is 0 Å². The number of nitrogens with one attached hydrogen (secondary N) is 2. The largest absolute Gasteiger partial charge is 0.318 e. The second-order valence-electron chi connectivity index (χ2n) is 3.93. The van der Waals surface area contributed by atoms with Crippen LogP contribution in [0.1, 0.15) is 0 Å². The number of hydrogen-bond acceptors (Lipinski definition) is 2. The van der Waals surface area contributed by atoms with Gasteiger partial charge in [0.1, 0.15) is 5.82 Å². The highest BCUT2D eigenvalue weighted by Crippen LogP contribution is 2.14. The van der Waals surface area contributed by atoms with Crippen molar-refractivity contribution in [3.63, 3.8) is 0 Å². The third-order valence-electron chi connectivity index (χ3n) is 2.39. The van der Waals surface area contributed by atoms with E-state index in [4.69, 9.17) is 0 Å². The van der Waals surface area contributed by atoms with Crippen molar-refractivity contribution >= 4 is 39.1 Å². The summed E-state index contributed by atoms with van der Waals surface area (Å²) in [4.78, 5) is 23.3. The van der Waals surface area contributed by atoms with Crippen LogP contribution >= 0.6 is 15.9 Å². The molecule has 2 aromatic rings. The van der Waals surface area contributed by atoms with Crippen LogP contribution < -0.4 is 10.6 Å². The average Bonchev–Trinajstić information content (AvgIpc) is 2.41. The number of carbonyl (C=O) groups is 2. The van der Waals surface area contributed by atoms with Gasteiger partial charge in [-0.2, -0.15) is 0 Å². The molecule has 0 aliphatic heterocycles. The molecule has 0 saturated carbocycles. The molecule has 0 aliphatic rings. The molecular formula is C14H10BrFN2O2. The van der Waals surface area contributed by atoms with E-state index in [9.17, 15) is 14.0 Å². The van der Waals surface area contributed by atoms with Crippen LogP contribution in [0.4, 0.5) is 15.8 Å². The molecule has 0 bridgehead atoms. The van der Waals surface area contributed by atoms with Gasteiger partial charge in [0.15, 0.2) is 0 Å². The van der Waals surface area contributed by atoms with E-state index in [2.05, 4.69) is 26.6 Å². The molecule has 0 aromatic heterocycles. The van der Waals surface area contributed by atoms with Crippen molar-refractivity contribution in [2.24, 2.45) is 0 Å². The summed E-state index contributed by atoms with van der Waals surface area (Å²) in [6.45, 7) is 0. The van der Waals surface area contributed by atoms with E-state index >= 15 is 0 Å². The second-order valence-corrected chi connectivity index (χ2v) is 4.84. The minimum Gasteiger partial charge on any atom is -0.318 e. The number of hydrogen-bond donors (Lipinski definition) is 2. The summed E-state index contributed by atoms with van der Waals surface area (Å²) in [5.74, 6) is -2.17. The van der Waals surface area contributed by atoms with Crippen LogP contribution in [0.15, 0.2) is 53.0 Å². The van der Waals surface area contributed by atoms with E-state index in [1.165, 1.54) is 18.2 Å². The van der Waals surface area contributed by atoms with Gasteiger partial charge in [-0.05, 0) is 42.5 Å². The number of anilines is 2. The molecule has 0 saturated heterocycles. The van der Waals surface area contributed by atoms with Crippen LogP contribution in [0.5, 0.6) is 0 Å². The van der Waals surface area contributed by atoms with E-state index in [0.29, 0.717) is 5.69 Å². The molecule has 20 heavy (non-hydrogen) atoms. The lowest BCUT2D eigenvalue weighted by molar-refractivity contribution is -0.133. The zero-order valence-electron chi connectivity index (χ0n) is 10.2. The SMILES string of the molecule is O=C(Nc1ccc(Br)cc1)C(=O)Nc1cccc(F)c1. The van der Waals surface area contributed by atoms with Crippen molar-refractivity contribution in [3.8, 4) is 0 Å². The molecule has 102 valence electrons. The fourth-order valence-electron chi connectivity index (χ4n) is 1.48. The van der Waals surface area contributed by atoms with E-state index in [1.54, 1.807) is 24.3 Å². The first-order valence-corrected chi connectivity index (χ1v) is 6.47. The van der Waals surface area contributed by atoms with Crippen molar-refractivity contribution in [1.82, 2.24) is 0 Å². The summed E-state index contributed by atoms with van der Waals surface area (Å²) in [7, 11) is 0. The van der Waals surface area contributed by atoms with Crippen molar-refractivity contribution in [2.45, 2.75) is 0 Å². The van der Waals surface area contributed by atoms with Gasteiger partial charge in [0, 0.05) is 15.8 Å². The van der Waals surface area contributed by atoms with Crippen molar-refractivity contribution in [1.29, 1.82) is 0 Å². The fraction of sp³-hybridized carbons (Fsp3) is 0. The molecule has 0 radical (unpaired) electrons. The summed E-state index contributed by atoms with van der Waals surface area (Å²) >= 11 is 3.26. The first kappa shape index (κ1) is 14.2. The number of amides is 2. The highest BCUT2D eigenvalue weighted by atomic mass is 79.9. The predicted molar refractivity (Wildman–Crippen MR) is 77.8 cm³/mol. The average molecular weight is 337 g/mol. The van der Waals surface area contributed by atoms with E-state index in [-0.39, 0.29) is 5.69 Å². The first-order valence-electron chi connectivity index (χ1n) is 5.68. The van der Waals surface area contributed by atoms with Crippen molar-refractivity contribution in [3.05, 3.63) is 58.8 Å². The second kappa shape index (κ2) is 6.29.